The molecule has 3 rings (SSSR count). The highest BCUT2D eigenvalue weighted by atomic mass is 35.5. The van der Waals surface area contributed by atoms with Gasteiger partial charge in [-0.2, -0.15) is 0 Å². The lowest BCUT2D eigenvalue weighted by atomic mass is 10.1. The predicted octanol–water partition coefficient (Wildman–Crippen LogP) is 7.57. The van der Waals surface area contributed by atoms with Gasteiger partial charge in [0.05, 0.1) is 17.5 Å². The molecule has 37 heavy (non-hydrogen) atoms. The van der Waals surface area contributed by atoms with Crippen molar-refractivity contribution in [1.82, 2.24) is 5.32 Å². The second-order valence-electron chi connectivity index (χ2n) is 8.54. The molecule has 0 aliphatic heterocycles. The molecule has 0 aliphatic carbocycles. The van der Waals surface area contributed by atoms with E-state index in [2.05, 4.69) is 17.6 Å². The van der Waals surface area contributed by atoms with Gasteiger partial charge in [-0.25, -0.2) is 0 Å². The predicted molar refractivity (Wildman–Crippen MR) is 150 cm³/mol. The van der Waals surface area contributed by atoms with E-state index in [0.29, 0.717) is 33.0 Å². The number of halogens is 3. The SMILES string of the molecule is CCCCC(COc1ccc(-c2ccc(Cl)cc2Cl)c(Cl)c1)Nc1ccc(C(=O)NCCC(=O)O)cc1. The number of benzene rings is 3. The topological polar surface area (TPSA) is 87.7 Å². The number of unbranched alkanes of at least 4 members (excludes halogenated alkanes) is 1. The van der Waals surface area contributed by atoms with Crippen molar-refractivity contribution < 1.29 is 19.4 Å². The summed E-state index contributed by atoms with van der Waals surface area (Å²) in [5.74, 6) is -0.612. The second kappa shape index (κ2) is 14.1. The van der Waals surface area contributed by atoms with E-state index < -0.39 is 5.97 Å². The molecule has 1 amide bonds. The van der Waals surface area contributed by atoms with E-state index in [1.165, 1.54) is 0 Å². The molecule has 6 nitrogen and oxygen atoms in total. The lowest BCUT2D eigenvalue weighted by molar-refractivity contribution is -0.136. The number of carboxylic acids is 1. The molecule has 0 bridgehead atoms. The Kier molecular flexibility index (Phi) is 10.9. The first-order chi connectivity index (χ1) is 17.8. The molecule has 0 fully saturated rings. The highest BCUT2D eigenvalue weighted by molar-refractivity contribution is 6.38. The second-order valence-corrected chi connectivity index (χ2v) is 9.79. The van der Waals surface area contributed by atoms with E-state index in [1.54, 1.807) is 30.3 Å². The third-order valence-electron chi connectivity index (χ3n) is 5.66. The molecule has 3 aromatic carbocycles. The minimum absolute atomic E-state index is 0.0411. The summed E-state index contributed by atoms with van der Waals surface area (Å²) in [6, 6.07) is 17.9. The van der Waals surface area contributed by atoms with Gasteiger partial charge in [-0.05, 0) is 61.0 Å². The van der Waals surface area contributed by atoms with Crippen LogP contribution < -0.4 is 15.4 Å². The van der Waals surface area contributed by atoms with Crippen LogP contribution in [0.4, 0.5) is 5.69 Å². The van der Waals surface area contributed by atoms with Crippen LogP contribution in [-0.4, -0.2) is 36.2 Å². The Labute approximate surface area is 231 Å². The van der Waals surface area contributed by atoms with Crippen molar-refractivity contribution in [3.8, 4) is 16.9 Å². The molecule has 0 saturated carbocycles. The summed E-state index contributed by atoms with van der Waals surface area (Å²) < 4.78 is 6.07. The van der Waals surface area contributed by atoms with Crippen molar-refractivity contribution >= 4 is 52.4 Å². The van der Waals surface area contributed by atoms with Gasteiger partial charge in [-0.15, -0.1) is 0 Å². The largest absolute Gasteiger partial charge is 0.491 e. The maximum atomic E-state index is 12.2. The van der Waals surface area contributed by atoms with Crippen LogP contribution in [0.1, 0.15) is 43.0 Å². The lowest BCUT2D eigenvalue weighted by Crippen LogP contribution is -2.27. The molecular weight excluding hydrogens is 535 g/mol. The molecule has 3 N–H and O–H groups in total. The van der Waals surface area contributed by atoms with E-state index in [-0.39, 0.29) is 24.9 Å². The van der Waals surface area contributed by atoms with Crippen LogP contribution in [0.2, 0.25) is 15.1 Å². The van der Waals surface area contributed by atoms with Gasteiger partial charge in [-0.3, -0.25) is 9.59 Å². The monoisotopic (exact) mass is 562 g/mol. The highest BCUT2D eigenvalue weighted by Crippen LogP contribution is 2.36. The lowest BCUT2D eigenvalue weighted by Gasteiger charge is -2.21. The third kappa shape index (κ3) is 8.85. The average molecular weight is 564 g/mol. The van der Waals surface area contributed by atoms with Crippen LogP contribution in [0, 0.1) is 0 Å². The molecule has 0 heterocycles. The summed E-state index contributed by atoms with van der Waals surface area (Å²) in [6.07, 6.45) is 2.86. The number of anilines is 1. The number of carbonyl (C=O) groups excluding carboxylic acids is 1. The first kappa shape index (κ1) is 28.6. The number of amides is 1. The molecule has 3 aromatic rings. The number of carbonyl (C=O) groups is 2. The normalized spacial score (nSPS) is 11.6. The van der Waals surface area contributed by atoms with Gasteiger partial charge in [0.15, 0.2) is 0 Å². The summed E-state index contributed by atoms with van der Waals surface area (Å²) in [4.78, 5) is 22.8. The molecular formula is C28H29Cl3N2O4. The van der Waals surface area contributed by atoms with Gasteiger partial charge in [0, 0.05) is 39.0 Å². The number of hydrogen-bond donors (Lipinski definition) is 3. The smallest absolute Gasteiger partial charge is 0.305 e. The number of hydrogen-bond acceptors (Lipinski definition) is 4. The average Bonchev–Trinajstić information content (AvgIpc) is 2.86. The fourth-order valence-electron chi connectivity index (χ4n) is 3.70. The van der Waals surface area contributed by atoms with Crippen LogP contribution >= 0.6 is 34.8 Å². The van der Waals surface area contributed by atoms with Crippen molar-refractivity contribution in [2.45, 2.75) is 38.6 Å². The fourth-order valence-corrected chi connectivity index (χ4v) is 4.48. The Morgan fingerprint density at radius 1 is 0.946 bits per heavy atom. The van der Waals surface area contributed by atoms with Gasteiger partial charge >= 0.3 is 5.97 Å². The third-order valence-corrected chi connectivity index (χ3v) is 6.52. The Balaban J connectivity index is 1.61. The molecule has 1 unspecified atom stereocenters. The summed E-state index contributed by atoms with van der Waals surface area (Å²) >= 11 is 18.9. The van der Waals surface area contributed by atoms with E-state index >= 15 is 0 Å². The first-order valence-electron chi connectivity index (χ1n) is 12.0. The van der Waals surface area contributed by atoms with Crippen molar-refractivity contribution in [3.05, 3.63) is 81.3 Å². The quantitative estimate of drug-likeness (QED) is 0.200. The number of aliphatic carboxylic acids is 1. The van der Waals surface area contributed by atoms with E-state index in [9.17, 15) is 9.59 Å². The molecule has 0 spiro atoms. The van der Waals surface area contributed by atoms with E-state index in [1.807, 2.05) is 30.3 Å². The minimum Gasteiger partial charge on any atom is -0.491 e. The van der Waals surface area contributed by atoms with Crippen molar-refractivity contribution in [2.75, 3.05) is 18.5 Å². The molecule has 1 atom stereocenters. The van der Waals surface area contributed by atoms with Crippen molar-refractivity contribution in [1.29, 1.82) is 0 Å². The van der Waals surface area contributed by atoms with Gasteiger partial charge in [-0.1, -0.05) is 60.6 Å². The van der Waals surface area contributed by atoms with Gasteiger partial charge in [0.1, 0.15) is 12.4 Å². The minimum atomic E-state index is -0.954. The molecule has 196 valence electrons. The maximum absolute atomic E-state index is 12.2. The molecule has 0 saturated heterocycles. The Hall–Kier alpha value is -2.93. The van der Waals surface area contributed by atoms with Crippen LogP contribution in [0.25, 0.3) is 11.1 Å². The Morgan fingerprint density at radius 3 is 2.24 bits per heavy atom. The number of nitrogens with one attached hydrogen (secondary N) is 2. The number of carboxylic acid groups (broad SMARTS) is 1. The molecule has 0 aromatic heterocycles. The van der Waals surface area contributed by atoms with Gasteiger partial charge < -0.3 is 20.5 Å². The van der Waals surface area contributed by atoms with Crippen LogP contribution in [-0.2, 0) is 4.79 Å². The fraction of sp³-hybridized carbons (Fsp3) is 0.286. The first-order valence-corrected chi connectivity index (χ1v) is 13.1. The summed E-state index contributed by atoms with van der Waals surface area (Å²) in [7, 11) is 0. The van der Waals surface area contributed by atoms with Crippen molar-refractivity contribution in [3.63, 3.8) is 0 Å². The molecule has 9 heteroatoms. The zero-order valence-corrected chi connectivity index (χ0v) is 22.7. The van der Waals surface area contributed by atoms with Crippen LogP contribution in [0.3, 0.4) is 0 Å². The zero-order chi connectivity index (χ0) is 26.8. The van der Waals surface area contributed by atoms with E-state index in [0.717, 1.165) is 36.1 Å². The molecule has 0 aliphatic rings. The van der Waals surface area contributed by atoms with Crippen LogP contribution in [0.5, 0.6) is 5.75 Å². The summed E-state index contributed by atoms with van der Waals surface area (Å²) in [5, 5.41) is 16.4. The number of ether oxygens (including phenoxy) is 1. The maximum Gasteiger partial charge on any atom is 0.305 e. The van der Waals surface area contributed by atoms with Gasteiger partial charge in [0.2, 0.25) is 0 Å². The zero-order valence-electron chi connectivity index (χ0n) is 20.4. The number of rotatable bonds is 13. The van der Waals surface area contributed by atoms with E-state index in [4.69, 9.17) is 44.6 Å². The summed E-state index contributed by atoms with van der Waals surface area (Å²) in [5.41, 5.74) is 2.91. The highest BCUT2D eigenvalue weighted by Gasteiger charge is 2.13. The Bertz CT molecular complexity index is 1220. The van der Waals surface area contributed by atoms with Gasteiger partial charge in [0.25, 0.3) is 5.91 Å². The standard InChI is InChI=1S/C28H29Cl3N2O4/c1-2-3-4-21(33-20-8-5-18(6-9-20)28(36)32-14-13-27(34)35)17-37-22-10-12-24(26(31)16-22)23-11-7-19(29)15-25(23)30/h5-12,15-16,21,33H,2-4,13-14,17H2,1H3,(H,32,36)(H,34,35). The Morgan fingerprint density at radius 2 is 1.62 bits per heavy atom. The summed E-state index contributed by atoms with van der Waals surface area (Å²) in [6.45, 7) is 2.65. The van der Waals surface area contributed by atoms with Crippen molar-refractivity contribution in [2.24, 2.45) is 0 Å². The molecule has 0 radical (unpaired) electrons. The van der Waals surface area contributed by atoms with Crippen LogP contribution in [0.15, 0.2) is 60.7 Å².